The van der Waals surface area contributed by atoms with Gasteiger partial charge in [0.15, 0.2) is 0 Å². The fourth-order valence-electron chi connectivity index (χ4n) is 4.81. The molecule has 3 N–H and O–H groups in total. The van der Waals surface area contributed by atoms with E-state index < -0.39 is 21.6 Å². The highest BCUT2D eigenvalue weighted by atomic mass is 32.2. The first-order chi connectivity index (χ1) is 19.9. The minimum atomic E-state index is -3.45. The summed E-state index contributed by atoms with van der Waals surface area (Å²) in [6, 6.07) is 10.0. The van der Waals surface area contributed by atoms with E-state index in [2.05, 4.69) is 20.3 Å². The van der Waals surface area contributed by atoms with Gasteiger partial charge < -0.3 is 15.1 Å². The summed E-state index contributed by atoms with van der Waals surface area (Å²) in [5.74, 6) is -0.248. The number of carbonyl (C=O) groups is 3. The molecule has 11 nitrogen and oxygen atoms in total. The minimum Gasteiger partial charge on any atom is -0.342 e. The normalized spacial score (nSPS) is 15.3. The van der Waals surface area contributed by atoms with Crippen LogP contribution in [0.25, 0.3) is 11.1 Å². The topological polar surface area (TPSA) is 141 Å². The number of piperazine rings is 1. The van der Waals surface area contributed by atoms with Gasteiger partial charge in [-0.05, 0) is 67.6 Å². The molecular formula is C30H38N6O5S2. The van der Waals surface area contributed by atoms with Crippen LogP contribution in [0.5, 0.6) is 0 Å². The number of aryl methyl sites for hydroxylation is 1. The summed E-state index contributed by atoms with van der Waals surface area (Å²) >= 11 is 1.33. The number of nitrogens with one attached hydrogen (secondary N) is 3. The zero-order valence-electron chi connectivity index (χ0n) is 25.7. The molecule has 0 aliphatic carbocycles. The number of hydrogen-bond donors (Lipinski definition) is 3. The number of nitrogens with zero attached hydrogens (tertiary/aromatic N) is 3. The number of likely N-dealkylation sites (N-methyl/N-ethyl adjacent to an activating group) is 1. The summed E-state index contributed by atoms with van der Waals surface area (Å²) < 4.78 is 25.3. The number of anilines is 3. The lowest BCUT2D eigenvalue weighted by molar-refractivity contribution is -0.144. The first kappa shape index (κ1) is 32.0. The van der Waals surface area contributed by atoms with E-state index in [1.165, 1.54) is 11.3 Å². The van der Waals surface area contributed by atoms with Crippen molar-refractivity contribution in [2.75, 3.05) is 41.7 Å². The van der Waals surface area contributed by atoms with Gasteiger partial charge in [0, 0.05) is 42.5 Å². The molecule has 0 bridgehead atoms. The third kappa shape index (κ3) is 7.16. The number of thiophene rings is 1. The van der Waals surface area contributed by atoms with E-state index in [4.69, 9.17) is 0 Å². The fraction of sp³-hybridized carbons (Fsp3) is 0.400. The Kier molecular flexibility index (Phi) is 8.63. The molecule has 4 amide bonds. The van der Waals surface area contributed by atoms with Crippen molar-refractivity contribution >= 4 is 55.7 Å². The summed E-state index contributed by atoms with van der Waals surface area (Å²) in [6.45, 7) is 12.3. The molecule has 0 unspecified atom stereocenters. The van der Waals surface area contributed by atoms with E-state index in [0.717, 1.165) is 27.8 Å². The number of carbonyl (C=O) groups excluding carboxylic acids is 3. The van der Waals surface area contributed by atoms with Crippen LogP contribution in [0.3, 0.4) is 0 Å². The number of aromatic nitrogens is 1. The van der Waals surface area contributed by atoms with Crippen molar-refractivity contribution in [1.29, 1.82) is 0 Å². The summed E-state index contributed by atoms with van der Waals surface area (Å²) in [6.07, 6.45) is 2.61. The molecule has 2 aromatic heterocycles. The van der Waals surface area contributed by atoms with Gasteiger partial charge in [0.05, 0.1) is 11.8 Å². The third-order valence-electron chi connectivity index (χ3n) is 7.24. The van der Waals surface area contributed by atoms with Gasteiger partial charge in [0.25, 0.3) is 5.91 Å². The Hall–Kier alpha value is -3.97. The first-order valence-corrected chi connectivity index (χ1v) is 16.4. The van der Waals surface area contributed by atoms with Crippen molar-refractivity contribution in [2.24, 2.45) is 0 Å². The first-order valence-electron chi connectivity index (χ1n) is 13.7. The van der Waals surface area contributed by atoms with Crippen molar-refractivity contribution in [3.05, 3.63) is 58.6 Å². The van der Waals surface area contributed by atoms with Gasteiger partial charge in [-0.2, -0.15) is 0 Å². The molecule has 1 fully saturated rings. The summed E-state index contributed by atoms with van der Waals surface area (Å²) in [5, 5.41) is 6.12. The van der Waals surface area contributed by atoms with Crippen LogP contribution < -0.4 is 15.4 Å². The average molecular weight is 627 g/mol. The van der Waals surface area contributed by atoms with Crippen molar-refractivity contribution in [3.8, 4) is 11.1 Å². The third-order valence-corrected chi connectivity index (χ3v) is 9.29. The maximum absolute atomic E-state index is 13.9. The van der Waals surface area contributed by atoms with Crippen LogP contribution in [0.2, 0.25) is 0 Å². The molecule has 13 heteroatoms. The van der Waals surface area contributed by atoms with E-state index in [-0.39, 0.29) is 23.0 Å². The maximum atomic E-state index is 13.9. The number of pyridine rings is 1. The zero-order valence-corrected chi connectivity index (χ0v) is 27.3. The van der Waals surface area contributed by atoms with Gasteiger partial charge >= 0.3 is 6.03 Å². The van der Waals surface area contributed by atoms with Crippen molar-refractivity contribution in [1.82, 2.24) is 14.8 Å². The van der Waals surface area contributed by atoms with E-state index in [1.807, 2.05) is 33.8 Å². The highest BCUT2D eigenvalue weighted by molar-refractivity contribution is 7.92. The quantitative estimate of drug-likeness (QED) is 0.347. The molecule has 3 heterocycles. The standard InChI is InChI=1S/C30H38N6O5S2/c1-18-9-11-20(15-21(18)19-10-12-24(31-17-19)34-43(8,40)41)32-28(39)33-25-22(16-23(42-25)29(2,3)4)26(37)36-14-13-35(7)27(38)30(36,5)6/h9-12,15-17H,13-14H2,1-8H3,(H,31,34)(H2,32,33,39). The Bertz CT molecular complexity index is 1670. The van der Waals surface area contributed by atoms with Gasteiger partial charge in [0.2, 0.25) is 15.9 Å². The van der Waals surface area contributed by atoms with Gasteiger partial charge in [-0.15, -0.1) is 11.3 Å². The smallest absolute Gasteiger partial charge is 0.324 e. The van der Waals surface area contributed by atoms with Crippen LogP contribution in [0.1, 0.15) is 55.4 Å². The molecule has 4 rings (SSSR count). The monoisotopic (exact) mass is 626 g/mol. The van der Waals surface area contributed by atoms with Crippen LogP contribution in [-0.2, 0) is 20.2 Å². The SMILES string of the molecule is Cc1ccc(NC(=O)Nc2sc(C(C)(C)C)cc2C(=O)N2CCN(C)C(=O)C2(C)C)cc1-c1ccc(NS(C)(=O)=O)nc1. The van der Waals surface area contributed by atoms with Crippen LogP contribution >= 0.6 is 11.3 Å². The maximum Gasteiger partial charge on any atom is 0.324 e. The summed E-state index contributed by atoms with van der Waals surface area (Å²) in [5.41, 5.74) is 2.04. The fourth-order valence-corrected chi connectivity index (χ4v) is 6.41. The molecule has 3 aromatic rings. The number of amides is 4. The van der Waals surface area contributed by atoms with Crippen LogP contribution in [0.15, 0.2) is 42.6 Å². The van der Waals surface area contributed by atoms with Crippen LogP contribution in [0.4, 0.5) is 21.3 Å². The molecule has 0 atom stereocenters. The number of rotatable bonds is 6. The van der Waals surface area contributed by atoms with Gasteiger partial charge in [-0.3, -0.25) is 19.6 Å². The molecule has 43 heavy (non-hydrogen) atoms. The second-order valence-corrected chi connectivity index (χ2v) is 15.1. The second kappa shape index (κ2) is 11.6. The predicted octanol–water partition coefficient (Wildman–Crippen LogP) is 5.12. The number of sulfonamides is 1. The Morgan fingerprint density at radius 3 is 2.35 bits per heavy atom. The molecule has 1 saturated heterocycles. The van der Waals surface area contributed by atoms with E-state index in [1.54, 1.807) is 67.2 Å². The van der Waals surface area contributed by atoms with E-state index >= 15 is 0 Å². The van der Waals surface area contributed by atoms with Crippen molar-refractivity contribution in [3.63, 3.8) is 0 Å². The van der Waals surface area contributed by atoms with Crippen LogP contribution in [-0.4, -0.2) is 73.0 Å². The molecule has 1 aromatic carbocycles. The molecule has 1 aliphatic rings. The minimum absolute atomic E-state index is 0.141. The number of urea groups is 1. The molecular weight excluding hydrogens is 589 g/mol. The summed E-state index contributed by atoms with van der Waals surface area (Å²) in [7, 11) is -1.72. The molecule has 1 aliphatic heterocycles. The number of benzene rings is 1. The van der Waals surface area contributed by atoms with E-state index in [9.17, 15) is 22.8 Å². The molecule has 0 radical (unpaired) electrons. The van der Waals surface area contributed by atoms with E-state index in [0.29, 0.717) is 29.3 Å². The largest absolute Gasteiger partial charge is 0.342 e. The molecule has 230 valence electrons. The Labute approximate surface area is 256 Å². The summed E-state index contributed by atoms with van der Waals surface area (Å²) in [4.78, 5) is 48.3. The van der Waals surface area contributed by atoms with Gasteiger partial charge in [-0.25, -0.2) is 18.2 Å². The highest BCUT2D eigenvalue weighted by Crippen LogP contribution is 2.38. The number of hydrogen-bond acceptors (Lipinski definition) is 7. The lowest BCUT2D eigenvalue weighted by Crippen LogP contribution is -2.63. The highest BCUT2D eigenvalue weighted by Gasteiger charge is 2.44. The average Bonchev–Trinajstić information content (AvgIpc) is 3.32. The lowest BCUT2D eigenvalue weighted by Gasteiger charge is -2.44. The Morgan fingerprint density at radius 2 is 1.74 bits per heavy atom. The van der Waals surface area contributed by atoms with Crippen LogP contribution in [0, 0.1) is 6.92 Å². The Morgan fingerprint density at radius 1 is 1.05 bits per heavy atom. The van der Waals surface area contributed by atoms with Crippen molar-refractivity contribution in [2.45, 2.75) is 52.5 Å². The van der Waals surface area contributed by atoms with Gasteiger partial charge in [-0.1, -0.05) is 26.8 Å². The zero-order chi connectivity index (χ0) is 31.9. The second-order valence-electron chi connectivity index (χ2n) is 12.3. The van der Waals surface area contributed by atoms with Crippen molar-refractivity contribution < 1.29 is 22.8 Å². The lowest BCUT2D eigenvalue weighted by atomic mass is 9.93. The predicted molar refractivity (Wildman–Crippen MR) is 171 cm³/mol. The Balaban J connectivity index is 1.58. The molecule has 0 spiro atoms. The van der Waals surface area contributed by atoms with Gasteiger partial charge in [0.1, 0.15) is 16.4 Å². The molecule has 0 saturated carbocycles.